The third-order valence-corrected chi connectivity index (χ3v) is 4.29. The molecule has 60 valence electrons. The van der Waals surface area contributed by atoms with Crippen LogP contribution < -0.4 is 0 Å². The van der Waals surface area contributed by atoms with Crippen molar-refractivity contribution in [2.24, 2.45) is 4.99 Å². The van der Waals surface area contributed by atoms with Gasteiger partial charge < -0.3 is 0 Å². The minimum atomic E-state index is 0.581. The van der Waals surface area contributed by atoms with Gasteiger partial charge in [-0.3, -0.25) is 4.99 Å². The topological polar surface area (TPSA) is 12.4 Å². The lowest BCUT2D eigenvalue weighted by molar-refractivity contribution is 0.637. The number of nitrogens with zero attached hydrogens (tertiary/aromatic N) is 1. The SMILES string of the molecule is BrCC1=NC2CC=CCC2S1. The first-order valence-corrected chi connectivity index (χ1v) is 5.84. The summed E-state index contributed by atoms with van der Waals surface area (Å²) in [5, 5.41) is 2.96. The third kappa shape index (κ3) is 1.54. The summed E-state index contributed by atoms with van der Waals surface area (Å²) in [6.45, 7) is 0. The zero-order chi connectivity index (χ0) is 7.68. The van der Waals surface area contributed by atoms with E-state index >= 15 is 0 Å². The fraction of sp³-hybridized carbons (Fsp3) is 0.625. The number of fused-ring (bicyclic) bond motifs is 1. The molecule has 0 spiro atoms. The zero-order valence-corrected chi connectivity index (χ0v) is 8.57. The van der Waals surface area contributed by atoms with E-state index in [2.05, 4.69) is 33.1 Å². The molecule has 0 bridgehead atoms. The Hall–Kier alpha value is 0.240. The van der Waals surface area contributed by atoms with Crippen LogP contribution in [0, 0.1) is 0 Å². The van der Waals surface area contributed by atoms with Crippen LogP contribution in [0.3, 0.4) is 0 Å². The number of halogens is 1. The highest BCUT2D eigenvalue weighted by Gasteiger charge is 2.29. The monoisotopic (exact) mass is 231 g/mol. The number of rotatable bonds is 1. The van der Waals surface area contributed by atoms with Crippen molar-refractivity contribution in [3.05, 3.63) is 12.2 Å². The molecule has 0 aromatic carbocycles. The second-order valence-corrected chi connectivity index (χ2v) is 4.70. The van der Waals surface area contributed by atoms with E-state index < -0.39 is 0 Å². The second-order valence-electron chi connectivity index (χ2n) is 2.82. The Morgan fingerprint density at radius 2 is 2.36 bits per heavy atom. The highest BCUT2D eigenvalue weighted by Crippen LogP contribution is 2.34. The minimum absolute atomic E-state index is 0.581. The Balaban J connectivity index is 2.08. The number of aliphatic imine (C=N–C) groups is 1. The van der Waals surface area contributed by atoms with E-state index in [4.69, 9.17) is 0 Å². The molecule has 0 aromatic heterocycles. The first kappa shape index (κ1) is 7.87. The van der Waals surface area contributed by atoms with Crippen molar-refractivity contribution in [2.45, 2.75) is 24.1 Å². The molecule has 0 radical (unpaired) electrons. The summed E-state index contributed by atoms with van der Waals surface area (Å²) >= 11 is 5.38. The molecule has 0 saturated carbocycles. The number of hydrogen-bond donors (Lipinski definition) is 0. The molecule has 0 aromatic rings. The lowest BCUT2D eigenvalue weighted by Crippen LogP contribution is -2.18. The molecule has 3 heteroatoms. The van der Waals surface area contributed by atoms with E-state index in [0.717, 1.165) is 17.0 Å². The maximum atomic E-state index is 4.61. The Labute approximate surface area is 79.5 Å². The summed E-state index contributed by atoms with van der Waals surface area (Å²) in [6, 6.07) is 0.581. The van der Waals surface area contributed by atoms with Crippen molar-refractivity contribution in [2.75, 3.05) is 5.33 Å². The summed E-state index contributed by atoms with van der Waals surface area (Å²) in [5.41, 5.74) is 0. The smallest absolute Gasteiger partial charge is 0.0789 e. The second kappa shape index (κ2) is 3.31. The summed E-state index contributed by atoms with van der Waals surface area (Å²) in [7, 11) is 0. The number of thioether (sulfide) groups is 1. The van der Waals surface area contributed by atoms with Crippen LogP contribution in [0.5, 0.6) is 0 Å². The molecule has 1 aliphatic carbocycles. The van der Waals surface area contributed by atoms with Crippen molar-refractivity contribution in [1.82, 2.24) is 0 Å². The van der Waals surface area contributed by atoms with Crippen LogP contribution in [0.1, 0.15) is 12.8 Å². The molecule has 2 rings (SSSR count). The third-order valence-electron chi connectivity index (χ3n) is 2.05. The summed E-state index contributed by atoms with van der Waals surface area (Å²) < 4.78 is 0. The van der Waals surface area contributed by atoms with Gasteiger partial charge in [0.1, 0.15) is 0 Å². The molecule has 11 heavy (non-hydrogen) atoms. The van der Waals surface area contributed by atoms with Crippen LogP contribution in [0.15, 0.2) is 17.1 Å². The van der Waals surface area contributed by atoms with Gasteiger partial charge in [-0.15, -0.1) is 11.8 Å². The molecule has 0 N–H and O–H groups in total. The Morgan fingerprint density at radius 1 is 1.55 bits per heavy atom. The van der Waals surface area contributed by atoms with Gasteiger partial charge in [0.25, 0.3) is 0 Å². The van der Waals surface area contributed by atoms with Crippen LogP contribution in [0.2, 0.25) is 0 Å². The molecule has 1 aliphatic heterocycles. The van der Waals surface area contributed by atoms with Gasteiger partial charge in [-0.05, 0) is 12.8 Å². The minimum Gasteiger partial charge on any atom is -0.277 e. The number of hydrogen-bond acceptors (Lipinski definition) is 2. The first-order valence-electron chi connectivity index (χ1n) is 3.84. The molecule has 1 heterocycles. The quantitative estimate of drug-likeness (QED) is 0.500. The van der Waals surface area contributed by atoms with E-state index in [-0.39, 0.29) is 0 Å². The molecule has 1 nitrogen and oxygen atoms in total. The Morgan fingerprint density at radius 3 is 3.09 bits per heavy atom. The van der Waals surface area contributed by atoms with E-state index in [9.17, 15) is 0 Å². The van der Waals surface area contributed by atoms with Crippen LogP contribution in [-0.2, 0) is 0 Å². The Bertz CT molecular complexity index is 212. The van der Waals surface area contributed by atoms with E-state index in [1.165, 1.54) is 11.5 Å². The lowest BCUT2D eigenvalue weighted by atomic mass is 10.0. The number of alkyl halides is 1. The van der Waals surface area contributed by atoms with Gasteiger partial charge in [0, 0.05) is 5.25 Å². The largest absolute Gasteiger partial charge is 0.277 e. The summed E-state index contributed by atoms with van der Waals surface area (Å²) in [5.74, 6) is 0. The van der Waals surface area contributed by atoms with Crippen LogP contribution in [0.4, 0.5) is 0 Å². The van der Waals surface area contributed by atoms with Gasteiger partial charge in [0.15, 0.2) is 0 Å². The molecule has 2 atom stereocenters. The van der Waals surface area contributed by atoms with Gasteiger partial charge in [0.2, 0.25) is 0 Å². The van der Waals surface area contributed by atoms with Crippen molar-refractivity contribution in [1.29, 1.82) is 0 Å². The maximum absolute atomic E-state index is 4.61. The van der Waals surface area contributed by atoms with Gasteiger partial charge in [-0.25, -0.2) is 0 Å². The predicted molar refractivity (Wildman–Crippen MR) is 54.8 cm³/mol. The molecule has 2 unspecified atom stereocenters. The molecular weight excluding hydrogens is 222 g/mol. The average molecular weight is 232 g/mol. The number of allylic oxidation sites excluding steroid dienone is 1. The highest BCUT2D eigenvalue weighted by molar-refractivity contribution is 9.09. The normalized spacial score (nSPS) is 35.2. The predicted octanol–water partition coefficient (Wildman–Crippen LogP) is 2.61. The standard InChI is InChI=1S/C8H10BrNS/c9-5-8-10-6-3-1-2-4-7(6)11-8/h1-2,6-7H,3-5H2. The first-order chi connectivity index (χ1) is 5.40. The lowest BCUT2D eigenvalue weighted by Gasteiger charge is -2.17. The van der Waals surface area contributed by atoms with E-state index in [0.29, 0.717) is 6.04 Å². The summed E-state index contributed by atoms with van der Waals surface area (Å²) in [4.78, 5) is 4.61. The van der Waals surface area contributed by atoms with Gasteiger partial charge >= 0.3 is 0 Å². The van der Waals surface area contributed by atoms with E-state index in [1.807, 2.05) is 11.8 Å². The zero-order valence-electron chi connectivity index (χ0n) is 6.16. The Kier molecular flexibility index (Phi) is 2.37. The van der Waals surface area contributed by atoms with Crippen LogP contribution in [-0.4, -0.2) is 21.7 Å². The molecule has 2 aliphatic rings. The van der Waals surface area contributed by atoms with Gasteiger partial charge in [0.05, 0.1) is 16.4 Å². The fourth-order valence-corrected chi connectivity index (χ4v) is 3.18. The van der Waals surface area contributed by atoms with Crippen molar-refractivity contribution < 1.29 is 0 Å². The molecule has 0 fully saturated rings. The highest BCUT2D eigenvalue weighted by atomic mass is 79.9. The summed E-state index contributed by atoms with van der Waals surface area (Å²) in [6.07, 6.45) is 6.88. The molecule has 0 saturated heterocycles. The van der Waals surface area contributed by atoms with Gasteiger partial charge in [-0.1, -0.05) is 28.1 Å². The van der Waals surface area contributed by atoms with Crippen LogP contribution >= 0.6 is 27.7 Å². The maximum Gasteiger partial charge on any atom is 0.0789 e. The van der Waals surface area contributed by atoms with Crippen LogP contribution in [0.25, 0.3) is 0 Å². The fourth-order valence-electron chi connectivity index (χ4n) is 1.49. The molecule has 0 amide bonds. The van der Waals surface area contributed by atoms with E-state index in [1.54, 1.807) is 0 Å². The van der Waals surface area contributed by atoms with Crippen molar-refractivity contribution in [3.8, 4) is 0 Å². The van der Waals surface area contributed by atoms with Crippen molar-refractivity contribution >= 4 is 32.7 Å². The molecular formula is C8H10BrNS. The van der Waals surface area contributed by atoms with Gasteiger partial charge in [-0.2, -0.15) is 0 Å². The van der Waals surface area contributed by atoms with Crippen molar-refractivity contribution in [3.63, 3.8) is 0 Å². The average Bonchev–Trinajstić information content (AvgIpc) is 2.46.